The van der Waals surface area contributed by atoms with Gasteiger partial charge < -0.3 is 15.1 Å². The molecule has 31 heavy (non-hydrogen) atoms. The van der Waals surface area contributed by atoms with Gasteiger partial charge in [-0.05, 0) is 62.4 Å². The Hall–Kier alpha value is -1.46. The van der Waals surface area contributed by atoms with Gasteiger partial charge in [0.1, 0.15) is 6.04 Å². The minimum absolute atomic E-state index is 0.00740. The number of nitrogens with one attached hydrogen (secondary N) is 2. The van der Waals surface area contributed by atoms with E-state index in [9.17, 15) is 18.0 Å². The molecule has 3 fully saturated rings. The highest BCUT2D eigenvalue weighted by Crippen LogP contribution is 2.25. The van der Waals surface area contributed by atoms with E-state index in [0.29, 0.717) is 40.4 Å². The largest absolute Gasteiger partial charge is 0.341 e. The number of thiophene rings is 1. The molecule has 170 valence electrons. The fourth-order valence-electron chi connectivity index (χ4n) is 4.59. The first-order valence-corrected chi connectivity index (χ1v) is 13.3. The summed E-state index contributed by atoms with van der Waals surface area (Å²) >= 11 is 7.13. The van der Waals surface area contributed by atoms with Gasteiger partial charge >= 0.3 is 0 Å². The highest BCUT2D eigenvalue weighted by atomic mass is 35.5. The Kier molecular flexibility index (Phi) is 7.02. The van der Waals surface area contributed by atoms with Gasteiger partial charge in [0.05, 0.1) is 10.9 Å². The van der Waals surface area contributed by atoms with Crippen molar-refractivity contribution in [2.24, 2.45) is 11.8 Å². The van der Waals surface area contributed by atoms with Crippen LogP contribution in [0.15, 0.2) is 17.5 Å². The number of nitrogens with zero attached hydrogens (tertiary/aromatic N) is 2. The van der Waals surface area contributed by atoms with E-state index < -0.39 is 16.1 Å². The average molecular weight is 487 g/mol. The molecular weight excluding hydrogens is 460 g/mol. The molecule has 1 aromatic rings. The molecule has 2 bridgehead atoms. The maximum absolute atomic E-state index is 12.9. The molecule has 8 nitrogen and oxygen atoms in total. The molecule has 0 aromatic carbocycles. The van der Waals surface area contributed by atoms with Crippen molar-refractivity contribution in [3.8, 4) is 0 Å². The standard InChI is InChI=1S/C20H27ClN4O4S2/c21-18-4-3-16(30-18)5-7-31(28,29)23-17-2-1-6-24(20(17)27)13-19(26)25-11-14-8-15(12-25)10-22-9-14/h3-5,7,14-15,17,22-23H,1-2,6,8-13H2/b7-5+. The van der Waals surface area contributed by atoms with Crippen molar-refractivity contribution >= 4 is 50.9 Å². The number of likely N-dealkylation sites (tertiary alicyclic amines) is 2. The minimum atomic E-state index is -3.80. The Labute approximate surface area is 191 Å². The number of piperidine rings is 3. The van der Waals surface area contributed by atoms with Crippen molar-refractivity contribution in [3.05, 3.63) is 26.8 Å². The SMILES string of the molecule is O=C(CN1CCCC(NS(=O)(=O)/C=C/c2ccc(Cl)s2)C1=O)N1CC2CNCC(C2)C1. The molecule has 3 saturated heterocycles. The number of hydrogen-bond donors (Lipinski definition) is 2. The van der Waals surface area contributed by atoms with Crippen LogP contribution in [0.4, 0.5) is 0 Å². The quantitative estimate of drug-likeness (QED) is 0.632. The van der Waals surface area contributed by atoms with Crippen LogP contribution < -0.4 is 10.0 Å². The Morgan fingerprint density at radius 1 is 1.29 bits per heavy atom. The van der Waals surface area contributed by atoms with Gasteiger partial charge in [-0.3, -0.25) is 9.59 Å². The summed E-state index contributed by atoms with van der Waals surface area (Å²) in [7, 11) is -3.80. The van der Waals surface area contributed by atoms with E-state index in [1.165, 1.54) is 22.3 Å². The molecule has 11 heteroatoms. The monoisotopic (exact) mass is 486 g/mol. The molecule has 2 amide bonds. The van der Waals surface area contributed by atoms with E-state index in [-0.39, 0.29) is 18.4 Å². The Bertz CT molecular complexity index is 952. The van der Waals surface area contributed by atoms with Gasteiger partial charge in [0.15, 0.2) is 0 Å². The number of hydrogen-bond acceptors (Lipinski definition) is 6. The van der Waals surface area contributed by atoms with Crippen LogP contribution in [0.1, 0.15) is 24.1 Å². The summed E-state index contributed by atoms with van der Waals surface area (Å²) in [5.74, 6) is 0.550. The third kappa shape index (κ3) is 5.87. The zero-order valence-electron chi connectivity index (χ0n) is 17.1. The first-order chi connectivity index (χ1) is 14.8. The van der Waals surface area contributed by atoms with Crippen molar-refractivity contribution in [2.75, 3.05) is 39.3 Å². The molecule has 3 unspecified atom stereocenters. The molecule has 0 spiro atoms. The lowest BCUT2D eigenvalue weighted by Crippen LogP contribution is -2.57. The third-order valence-electron chi connectivity index (χ3n) is 6.01. The lowest BCUT2D eigenvalue weighted by Gasteiger charge is -2.42. The topological polar surface area (TPSA) is 98.8 Å². The number of amides is 2. The van der Waals surface area contributed by atoms with Gasteiger partial charge in [-0.25, -0.2) is 8.42 Å². The number of carbonyl (C=O) groups excluding carboxylic acids is 2. The van der Waals surface area contributed by atoms with E-state index in [0.717, 1.165) is 38.0 Å². The molecule has 0 aliphatic carbocycles. The number of fused-ring (bicyclic) bond motifs is 2. The third-order valence-corrected chi connectivity index (χ3v) is 8.32. The molecular formula is C20H27ClN4O4S2. The minimum Gasteiger partial charge on any atom is -0.341 e. The summed E-state index contributed by atoms with van der Waals surface area (Å²) in [6.45, 7) is 3.77. The average Bonchev–Trinajstić information content (AvgIpc) is 3.14. The summed E-state index contributed by atoms with van der Waals surface area (Å²) in [4.78, 5) is 29.8. The maximum Gasteiger partial charge on any atom is 0.242 e. The normalized spacial score (nSPS) is 27.1. The van der Waals surface area contributed by atoms with Crippen LogP contribution in [0, 0.1) is 11.8 Å². The van der Waals surface area contributed by atoms with Gasteiger partial charge in [0.25, 0.3) is 0 Å². The first kappa shape index (κ1) is 22.7. The van der Waals surface area contributed by atoms with Gasteiger partial charge in [0, 0.05) is 29.9 Å². The summed E-state index contributed by atoms with van der Waals surface area (Å²) in [5.41, 5.74) is 0. The molecule has 3 aliphatic heterocycles. The van der Waals surface area contributed by atoms with E-state index in [1.54, 1.807) is 12.1 Å². The zero-order chi connectivity index (χ0) is 22.0. The van der Waals surface area contributed by atoms with E-state index in [2.05, 4.69) is 10.0 Å². The summed E-state index contributed by atoms with van der Waals surface area (Å²) in [6, 6.07) is 2.56. The van der Waals surface area contributed by atoms with Crippen LogP contribution in [0.5, 0.6) is 0 Å². The van der Waals surface area contributed by atoms with Gasteiger partial charge in [-0.1, -0.05) is 11.6 Å². The number of halogens is 1. The predicted octanol–water partition coefficient (Wildman–Crippen LogP) is 1.35. The van der Waals surface area contributed by atoms with Gasteiger partial charge in [0.2, 0.25) is 21.8 Å². The highest BCUT2D eigenvalue weighted by molar-refractivity contribution is 7.92. The molecule has 2 N–H and O–H groups in total. The van der Waals surface area contributed by atoms with Crippen molar-refractivity contribution in [2.45, 2.75) is 25.3 Å². The summed E-state index contributed by atoms with van der Waals surface area (Å²) < 4.78 is 27.9. The number of sulfonamides is 1. The van der Waals surface area contributed by atoms with Crippen molar-refractivity contribution in [1.29, 1.82) is 0 Å². The summed E-state index contributed by atoms with van der Waals surface area (Å²) in [6.07, 6.45) is 3.66. The fraction of sp³-hybridized carbons (Fsp3) is 0.600. The van der Waals surface area contributed by atoms with Crippen molar-refractivity contribution in [3.63, 3.8) is 0 Å². The molecule has 0 radical (unpaired) electrons. The molecule has 3 atom stereocenters. The zero-order valence-corrected chi connectivity index (χ0v) is 19.5. The van der Waals surface area contributed by atoms with Crippen LogP contribution in [-0.4, -0.2) is 75.3 Å². The highest BCUT2D eigenvalue weighted by Gasteiger charge is 2.36. The Balaban J connectivity index is 1.34. The van der Waals surface area contributed by atoms with Crippen LogP contribution in [-0.2, 0) is 19.6 Å². The number of rotatable bonds is 6. The second-order valence-corrected chi connectivity index (χ2v) is 11.8. The molecule has 0 saturated carbocycles. The Morgan fingerprint density at radius 2 is 2.03 bits per heavy atom. The first-order valence-electron chi connectivity index (χ1n) is 10.5. The molecule has 1 aromatic heterocycles. The second-order valence-electron chi connectivity index (χ2n) is 8.49. The van der Waals surface area contributed by atoms with E-state index in [1.807, 2.05) is 4.90 Å². The van der Waals surface area contributed by atoms with Crippen LogP contribution >= 0.6 is 22.9 Å². The molecule has 4 heterocycles. The van der Waals surface area contributed by atoms with Crippen molar-refractivity contribution in [1.82, 2.24) is 19.8 Å². The van der Waals surface area contributed by atoms with E-state index >= 15 is 0 Å². The van der Waals surface area contributed by atoms with Gasteiger partial charge in [-0.15, -0.1) is 11.3 Å². The maximum atomic E-state index is 12.9. The van der Waals surface area contributed by atoms with E-state index in [4.69, 9.17) is 11.6 Å². The molecule has 3 aliphatic rings. The predicted molar refractivity (Wildman–Crippen MR) is 121 cm³/mol. The Morgan fingerprint density at radius 3 is 2.71 bits per heavy atom. The van der Waals surface area contributed by atoms with Crippen LogP contribution in [0.3, 0.4) is 0 Å². The van der Waals surface area contributed by atoms with Crippen LogP contribution in [0.2, 0.25) is 4.34 Å². The van der Waals surface area contributed by atoms with Gasteiger partial charge in [-0.2, -0.15) is 4.72 Å². The fourth-order valence-corrected chi connectivity index (χ4v) is 6.66. The summed E-state index contributed by atoms with van der Waals surface area (Å²) in [5, 5.41) is 4.45. The number of carbonyl (C=O) groups is 2. The molecule has 4 rings (SSSR count). The lowest BCUT2D eigenvalue weighted by atomic mass is 9.86. The second kappa shape index (κ2) is 9.58. The smallest absolute Gasteiger partial charge is 0.242 e. The van der Waals surface area contributed by atoms with Crippen LogP contribution in [0.25, 0.3) is 6.08 Å². The lowest BCUT2D eigenvalue weighted by molar-refractivity contribution is -0.144. The van der Waals surface area contributed by atoms with Crippen molar-refractivity contribution < 1.29 is 18.0 Å².